The molecule has 6 nitrogen and oxygen atoms in total. The second-order valence-corrected chi connectivity index (χ2v) is 9.24. The van der Waals surface area contributed by atoms with E-state index in [0.717, 1.165) is 5.56 Å². The van der Waals surface area contributed by atoms with Gasteiger partial charge in [-0.05, 0) is 78.1 Å². The van der Waals surface area contributed by atoms with Crippen LogP contribution in [0.2, 0.25) is 5.02 Å². The van der Waals surface area contributed by atoms with E-state index in [4.69, 9.17) is 16.3 Å². The van der Waals surface area contributed by atoms with Crippen LogP contribution in [0.5, 0.6) is 11.5 Å². The first kappa shape index (κ1) is 24.4. The fourth-order valence-electron chi connectivity index (χ4n) is 4.44. The van der Waals surface area contributed by atoms with Gasteiger partial charge in [-0.3, -0.25) is 14.5 Å². The minimum atomic E-state index is -0.952. The lowest BCUT2D eigenvalue weighted by Crippen LogP contribution is -2.29. The number of carbonyl (C=O) groups is 2. The molecule has 1 saturated heterocycles. The summed E-state index contributed by atoms with van der Waals surface area (Å²) in [5.74, 6) is -1.12. The Balaban J connectivity index is 1.99. The molecule has 35 heavy (non-hydrogen) atoms. The molecular formula is C28H26ClNO5. The standard InChI is InChI=1S/C28H26ClNO5/c1-15(2)21-14-22(16(3)12-23(21)35-4)26(32)24-25(17-6-5-7-20(31)13-17)30(28(34)27(24)33)19-10-8-18(29)9-11-19/h5-15,25,31-32H,1-4H3/b26-24+. The van der Waals surface area contributed by atoms with Gasteiger partial charge in [0.05, 0.1) is 18.7 Å². The van der Waals surface area contributed by atoms with Crippen LogP contribution >= 0.6 is 11.6 Å². The van der Waals surface area contributed by atoms with E-state index in [2.05, 4.69) is 0 Å². The first-order valence-electron chi connectivity index (χ1n) is 11.2. The van der Waals surface area contributed by atoms with Crippen LogP contribution in [0.1, 0.15) is 48.1 Å². The van der Waals surface area contributed by atoms with Crippen molar-refractivity contribution in [3.63, 3.8) is 0 Å². The smallest absolute Gasteiger partial charge is 0.300 e. The zero-order valence-corrected chi connectivity index (χ0v) is 20.6. The molecule has 1 aliphatic heterocycles. The maximum absolute atomic E-state index is 13.4. The average molecular weight is 492 g/mol. The number of rotatable bonds is 5. The van der Waals surface area contributed by atoms with Gasteiger partial charge in [-0.25, -0.2) is 0 Å². The van der Waals surface area contributed by atoms with Gasteiger partial charge in [0.15, 0.2) is 0 Å². The van der Waals surface area contributed by atoms with E-state index in [1.165, 1.54) is 17.0 Å². The maximum Gasteiger partial charge on any atom is 0.300 e. The van der Waals surface area contributed by atoms with Crippen molar-refractivity contribution in [2.45, 2.75) is 32.7 Å². The van der Waals surface area contributed by atoms with Gasteiger partial charge in [-0.15, -0.1) is 0 Å². The molecule has 4 rings (SSSR count). The molecule has 1 heterocycles. The molecule has 0 aliphatic carbocycles. The number of phenols is 1. The highest BCUT2D eigenvalue weighted by molar-refractivity contribution is 6.51. The number of carbonyl (C=O) groups excluding carboxylic acids is 2. The van der Waals surface area contributed by atoms with E-state index in [9.17, 15) is 19.8 Å². The Bertz CT molecular complexity index is 1340. The molecule has 0 radical (unpaired) electrons. The SMILES string of the molecule is COc1cc(C)c(/C(O)=C2\C(=O)C(=O)N(c3ccc(Cl)cc3)C2c2cccc(O)c2)cc1C(C)C. The third kappa shape index (κ3) is 4.37. The Kier molecular flexibility index (Phi) is 6.59. The van der Waals surface area contributed by atoms with Gasteiger partial charge in [0.25, 0.3) is 11.7 Å². The summed E-state index contributed by atoms with van der Waals surface area (Å²) in [5, 5.41) is 22.1. The van der Waals surface area contributed by atoms with Crippen molar-refractivity contribution in [1.29, 1.82) is 0 Å². The number of amides is 1. The average Bonchev–Trinajstić information content (AvgIpc) is 3.09. The van der Waals surface area contributed by atoms with Crippen LogP contribution in [0.3, 0.4) is 0 Å². The number of aliphatic hydroxyl groups is 1. The van der Waals surface area contributed by atoms with Gasteiger partial charge in [-0.1, -0.05) is 37.6 Å². The number of phenolic OH excluding ortho intramolecular Hbond substituents is 1. The molecule has 3 aromatic rings. The van der Waals surface area contributed by atoms with E-state index >= 15 is 0 Å². The lowest BCUT2D eigenvalue weighted by molar-refractivity contribution is -0.132. The molecule has 1 atom stereocenters. The minimum absolute atomic E-state index is 0.0214. The highest BCUT2D eigenvalue weighted by Gasteiger charge is 2.47. The third-order valence-corrected chi connectivity index (χ3v) is 6.44. The minimum Gasteiger partial charge on any atom is -0.508 e. The van der Waals surface area contributed by atoms with Crippen molar-refractivity contribution < 1.29 is 24.5 Å². The van der Waals surface area contributed by atoms with E-state index in [0.29, 0.717) is 33.1 Å². The van der Waals surface area contributed by atoms with Gasteiger partial charge in [0, 0.05) is 16.3 Å². The Morgan fingerprint density at radius 1 is 1.06 bits per heavy atom. The Labute approximate surface area is 209 Å². The summed E-state index contributed by atoms with van der Waals surface area (Å²) < 4.78 is 5.51. The van der Waals surface area contributed by atoms with Gasteiger partial charge in [0.1, 0.15) is 17.3 Å². The van der Waals surface area contributed by atoms with Crippen LogP contribution in [0.15, 0.2) is 66.2 Å². The van der Waals surface area contributed by atoms with E-state index in [1.807, 2.05) is 19.9 Å². The van der Waals surface area contributed by atoms with Crippen molar-refractivity contribution >= 4 is 34.7 Å². The van der Waals surface area contributed by atoms with E-state index < -0.39 is 17.7 Å². The summed E-state index contributed by atoms with van der Waals surface area (Å²) in [5.41, 5.74) is 2.86. The lowest BCUT2D eigenvalue weighted by Gasteiger charge is -2.26. The zero-order valence-electron chi connectivity index (χ0n) is 19.9. The van der Waals surface area contributed by atoms with Crippen molar-refractivity contribution in [3.8, 4) is 11.5 Å². The molecule has 1 unspecified atom stereocenters. The van der Waals surface area contributed by atoms with Crippen molar-refractivity contribution in [3.05, 3.63) is 93.5 Å². The number of Topliss-reactive ketones (excluding diaryl/α,β-unsaturated/α-hetero) is 1. The summed E-state index contributed by atoms with van der Waals surface area (Å²) in [4.78, 5) is 28.0. The summed E-state index contributed by atoms with van der Waals surface area (Å²) in [6, 6.07) is 15.5. The Hall–Kier alpha value is -3.77. The summed E-state index contributed by atoms with van der Waals surface area (Å²) in [6.45, 7) is 5.81. The van der Waals surface area contributed by atoms with Crippen LogP contribution < -0.4 is 9.64 Å². The molecule has 1 fully saturated rings. The normalized spacial score (nSPS) is 17.3. The second kappa shape index (κ2) is 9.47. The maximum atomic E-state index is 13.4. The van der Waals surface area contributed by atoms with Crippen LogP contribution in [-0.2, 0) is 9.59 Å². The van der Waals surface area contributed by atoms with Crippen molar-refractivity contribution in [2.24, 2.45) is 0 Å². The van der Waals surface area contributed by atoms with E-state index in [-0.39, 0.29) is 23.0 Å². The van der Waals surface area contributed by atoms with Crippen molar-refractivity contribution in [1.82, 2.24) is 0 Å². The number of hydrogen-bond acceptors (Lipinski definition) is 5. The number of methoxy groups -OCH3 is 1. The molecule has 0 aromatic heterocycles. The Morgan fingerprint density at radius 3 is 2.34 bits per heavy atom. The van der Waals surface area contributed by atoms with Gasteiger partial charge in [0.2, 0.25) is 0 Å². The number of aromatic hydroxyl groups is 1. The third-order valence-electron chi connectivity index (χ3n) is 6.19. The molecule has 3 aromatic carbocycles. The van der Waals surface area contributed by atoms with Crippen LogP contribution in [0.4, 0.5) is 5.69 Å². The molecule has 180 valence electrons. The van der Waals surface area contributed by atoms with Crippen LogP contribution in [0.25, 0.3) is 5.76 Å². The summed E-state index contributed by atoms with van der Waals surface area (Å²) in [7, 11) is 1.58. The molecule has 0 bridgehead atoms. The topological polar surface area (TPSA) is 87.1 Å². The molecule has 0 saturated carbocycles. The van der Waals surface area contributed by atoms with Crippen LogP contribution in [0, 0.1) is 6.92 Å². The molecular weight excluding hydrogens is 466 g/mol. The monoisotopic (exact) mass is 491 g/mol. The number of aliphatic hydroxyl groups excluding tert-OH is 1. The second-order valence-electron chi connectivity index (χ2n) is 8.80. The summed E-state index contributed by atoms with van der Waals surface area (Å²) in [6.07, 6.45) is 0. The number of benzene rings is 3. The van der Waals surface area contributed by atoms with Gasteiger partial charge in [-0.2, -0.15) is 0 Å². The molecule has 1 amide bonds. The number of nitrogens with zero attached hydrogens (tertiary/aromatic N) is 1. The zero-order chi connectivity index (χ0) is 25.4. The number of ketones is 1. The largest absolute Gasteiger partial charge is 0.508 e. The highest BCUT2D eigenvalue weighted by Crippen LogP contribution is 2.44. The molecule has 1 aliphatic rings. The number of aryl methyl sites for hydroxylation is 1. The predicted octanol–water partition coefficient (Wildman–Crippen LogP) is 6.11. The quantitative estimate of drug-likeness (QED) is 0.255. The number of hydrogen-bond donors (Lipinski definition) is 2. The first-order valence-corrected chi connectivity index (χ1v) is 11.6. The number of halogens is 1. The lowest BCUT2D eigenvalue weighted by atomic mass is 9.91. The molecule has 2 N–H and O–H groups in total. The fraction of sp³-hybridized carbons (Fsp3) is 0.214. The highest BCUT2D eigenvalue weighted by atomic mass is 35.5. The molecule has 7 heteroatoms. The van der Waals surface area contributed by atoms with Gasteiger partial charge < -0.3 is 14.9 Å². The number of anilines is 1. The van der Waals surface area contributed by atoms with Crippen LogP contribution in [-0.4, -0.2) is 29.0 Å². The molecule has 0 spiro atoms. The van der Waals surface area contributed by atoms with Crippen molar-refractivity contribution in [2.75, 3.05) is 12.0 Å². The number of ether oxygens (including phenoxy) is 1. The van der Waals surface area contributed by atoms with E-state index in [1.54, 1.807) is 56.5 Å². The summed E-state index contributed by atoms with van der Waals surface area (Å²) >= 11 is 6.04. The Morgan fingerprint density at radius 2 is 1.74 bits per heavy atom. The van der Waals surface area contributed by atoms with Gasteiger partial charge >= 0.3 is 0 Å². The fourth-order valence-corrected chi connectivity index (χ4v) is 4.56. The predicted molar refractivity (Wildman–Crippen MR) is 136 cm³/mol. The first-order chi connectivity index (χ1) is 16.6.